The van der Waals surface area contributed by atoms with Crippen LogP contribution in [0.5, 0.6) is 5.75 Å². The molecule has 4 rings (SSSR count). The molecule has 4 nitrogen and oxygen atoms in total. The number of piperidine rings is 2. The molecule has 2 saturated heterocycles. The van der Waals surface area contributed by atoms with Crippen LogP contribution in [0, 0.1) is 11.8 Å². The number of amides is 1. The number of nitrogens with zero attached hydrogens (tertiary/aromatic N) is 2. The lowest BCUT2D eigenvalue weighted by molar-refractivity contribution is -0.141. The van der Waals surface area contributed by atoms with Crippen molar-refractivity contribution < 1.29 is 9.53 Å². The molecule has 0 saturated carbocycles. The predicted molar refractivity (Wildman–Crippen MR) is 109 cm³/mol. The second-order valence-corrected chi connectivity index (χ2v) is 8.51. The number of methoxy groups -OCH3 is 1. The van der Waals surface area contributed by atoms with Gasteiger partial charge in [0.05, 0.1) is 13.0 Å². The van der Waals surface area contributed by atoms with Crippen LogP contribution in [-0.4, -0.2) is 55.5 Å². The van der Waals surface area contributed by atoms with E-state index in [2.05, 4.69) is 55.0 Å². The van der Waals surface area contributed by atoms with Crippen LogP contribution in [0.2, 0.25) is 0 Å². The molecule has 1 amide bonds. The lowest BCUT2D eigenvalue weighted by atomic mass is 9.79. The number of hydrogen-bond donors (Lipinski definition) is 0. The van der Waals surface area contributed by atoms with Gasteiger partial charge in [0, 0.05) is 25.7 Å². The Morgan fingerprint density at radius 2 is 1.85 bits per heavy atom. The Labute approximate surface area is 162 Å². The molecule has 0 spiro atoms. The highest BCUT2D eigenvalue weighted by Crippen LogP contribution is 2.35. The third-order valence-corrected chi connectivity index (χ3v) is 6.61. The summed E-state index contributed by atoms with van der Waals surface area (Å²) < 4.78 is 5.31. The molecule has 0 radical (unpaired) electrons. The average Bonchev–Trinajstić information content (AvgIpc) is 2.68. The first-order chi connectivity index (χ1) is 13.0. The summed E-state index contributed by atoms with van der Waals surface area (Å²) in [6, 6.07) is 12.7. The third kappa shape index (κ3) is 3.43. The van der Waals surface area contributed by atoms with Gasteiger partial charge in [0.1, 0.15) is 5.75 Å². The van der Waals surface area contributed by atoms with Crippen LogP contribution in [-0.2, 0) is 4.79 Å². The summed E-state index contributed by atoms with van der Waals surface area (Å²) in [4.78, 5) is 17.9. The minimum atomic E-state index is -0.115. The fourth-order valence-electron chi connectivity index (χ4n) is 4.99. The number of carbonyl (C=O) groups is 1. The Morgan fingerprint density at radius 3 is 2.63 bits per heavy atom. The minimum absolute atomic E-state index is 0.115. The van der Waals surface area contributed by atoms with Crippen LogP contribution in [0.1, 0.15) is 31.7 Å². The van der Waals surface area contributed by atoms with Gasteiger partial charge in [0.25, 0.3) is 0 Å². The normalized spacial score (nSPS) is 26.8. The summed E-state index contributed by atoms with van der Waals surface area (Å²) in [5, 5.41) is 2.29. The number of rotatable bonds is 3. The molecule has 2 fully saturated rings. The minimum Gasteiger partial charge on any atom is -0.497 e. The van der Waals surface area contributed by atoms with Crippen molar-refractivity contribution in [3.05, 3.63) is 42.0 Å². The van der Waals surface area contributed by atoms with E-state index in [-0.39, 0.29) is 11.8 Å². The third-order valence-electron chi connectivity index (χ3n) is 6.61. The van der Waals surface area contributed by atoms with Crippen LogP contribution < -0.4 is 4.74 Å². The summed E-state index contributed by atoms with van der Waals surface area (Å²) in [5.41, 5.74) is 1.10. The highest BCUT2D eigenvalue weighted by atomic mass is 16.5. The van der Waals surface area contributed by atoms with E-state index in [1.165, 1.54) is 6.42 Å². The quantitative estimate of drug-likeness (QED) is 0.829. The van der Waals surface area contributed by atoms with Gasteiger partial charge in [0.15, 0.2) is 0 Å². The van der Waals surface area contributed by atoms with Crippen molar-refractivity contribution >= 4 is 16.7 Å². The van der Waals surface area contributed by atoms with E-state index in [1.54, 1.807) is 7.11 Å². The molecular weight excluding hydrogens is 336 g/mol. The van der Waals surface area contributed by atoms with Crippen molar-refractivity contribution in [3.8, 4) is 5.75 Å². The van der Waals surface area contributed by atoms with Gasteiger partial charge in [0.2, 0.25) is 5.91 Å². The second-order valence-electron chi connectivity index (χ2n) is 8.51. The number of hydrogen-bond acceptors (Lipinski definition) is 3. The van der Waals surface area contributed by atoms with Crippen molar-refractivity contribution in [2.45, 2.75) is 32.2 Å². The number of carbonyl (C=O) groups excluding carboxylic acids is 1. The SMILES string of the molecule is COc1ccc2cc([C@H](C)C(=O)N3C[C@@H]4C[C@@H](CN(C)C4)[C@H]3C)ccc2c1. The lowest BCUT2D eigenvalue weighted by Crippen LogP contribution is -2.58. The molecule has 0 aromatic heterocycles. The molecule has 144 valence electrons. The van der Waals surface area contributed by atoms with E-state index in [9.17, 15) is 4.79 Å². The fourth-order valence-corrected chi connectivity index (χ4v) is 4.99. The standard InChI is InChI=1S/C23H30N2O2/c1-15(18-5-6-20-11-22(27-4)8-7-19(20)10-18)23(26)25-13-17-9-21(16(25)2)14-24(3)12-17/h5-8,10-11,15-17,21H,9,12-14H2,1-4H3/t15-,16+,17+,21-/m0/s1. The molecule has 0 N–H and O–H groups in total. The van der Waals surface area contributed by atoms with Crippen LogP contribution in [0.25, 0.3) is 10.8 Å². The molecule has 2 aliphatic rings. The van der Waals surface area contributed by atoms with Gasteiger partial charge >= 0.3 is 0 Å². The van der Waals surface area contributed by atoms with Gasteiger partial charge in [-0.05, 0) is 67.6 Å². The summed E-state index contributed by atoms with van der Waals surface area (Å²) in [6.45, 7) is 7.40. The Hall–Kier alpha value is -2.07. The fraction of sp³-hybridized carbons (Fsp3) is 0.522. The number of likely N-dealkylation sites (tertiary alicyclic amines) is 2. The number of benzene rings is 2. The zero-order valence-electron chi connectivity index (χ0n) is 16.8. The number of fused-ring (bicyclic) bond motifs is 3. The molecule has 2 heterocycles. The van der Waals surface area contributed by atoms with E-state index in [1.807, 2.05) is 12.1 Å². The van der Waals surface area contributed by atoms with E-state index < -0.39 is 0 Å². The van der Waals surface area contributed by atoms with E-state index in [0.717, 1.165) is 41.7 Å². The van der Waals surface area contributed by atoms with Crippen LogP contribution in [0.4, 0.5) is 0 Å². The second kappa shape index (κ2) is 7.16. The maximum absolute atomic E-state index is 13.4. The zero-order chi connectivity index (χ0) is 19.1. The topological polar surface area (TPSA) is 32.8 Å². The largest absolute Gasteiger partial charge is 0.497 e. The maximum Gasteiger partial charge on any atom is 0.230 e. The van der Waals surface area contributed by atoms with Crippen molar-refractivity contribution in [3.63, 3.8) is 0 Å². The van der Waals surface area contributed by atoms with Crippen LogP contribution in [0.15, 0.2) is 36.4 Å². The molecule has 4 heteroatoms. The summed E-state index contributed by atoms with van der Waals surface area (Å²) in [5.74, 6) is 2.23. The molecule has 2 bridgehead atoms. The smallest absolute Gasteiger partial charge is 0.230 e. The first kappa shape index (κ1) is 18.3. The van der Waals surface area contributed by atoms with Gasteiger partial charge < -0.3 is 14.5 Å². The van der Waals surface area contributed by atoms with Gasteiger partial charge in [-0.25, -0.2) is 0 Å². The molecule has 27 heavy (non-hydrogen) atoms. The van der Waals surface area contributed by atoms with Gasteiger partial charge in [-0.2, -0.15) is 0 Å². The van der Waals surface area contributed by atoms with Crippen LogP contribution in [0.3, 0.4) is 0 Å². The molecular formula is C23H30N2O2. The highest BCUT2D eigenvalue weighted by Gasteiger charge is 2.40. The van der Waals surface area contributed by atoms with Crippen molar-refractivity contribution in [1.29, 1.82) is 0 Å². The summed E-state index contributed by atoms with van der Waals surface area (Å²) in [7, 11) is 3.89. The van der Waals surface area contributed by atoms with E-state index in [4.69, 9.17) is 4.74 Å². The first-order valence-corrected chi connectivity index (χ1v) is 10.0. The average molecular weight is 367 g/mol. The molecule has 4 atom stereocenters. The van der Waals surface area contributed by atoms with Crippen molar-refractivity contribution in [2.24, 2.45) is 11.8 Å². The van der Waals surface area contributed by atoms with Gasteiger partial charge in [-0.15, -0.1) is 0 Å². The van der Waals surface area contributed by atoms with E-state index >= 15 is 0 Å². The Balaban J connectivity index is 1.56. The first-order valence-electron chi connectivity index (χ1n) is 10.0. The van der Waals surface area contributed by atoms with Crippen molar-refractivity contribution in [2.75, 3.05) is 33.8 Å². The van der Waals surface area contributed by atoms with Gasteiger partial charge in [-0.1, -0.05) is 24.3 Å². The molecule has 2 aromatic rings. The summed E-state index contributed by atoms with van der Waals surface area (Å²) >= 11 is 0. The maximum atomic E-state index is 13.4. The van der Waals surface area contributed by atoms with Crippen molar-refractivity contribution in [1.82, 2.24) is 9.80 Å². The van der Waals surface area contributed by atoms with E-state index in [0.29, 0.717) is 17.9 Å². The van der Waals surface area contributed by atoms with Crippen LogP contribution >= 0.6 is 0 Å². The molecule has 2 aliphatic heterocycles. The Bertz CT molecular complexity index is 847. The molecule has 2 aromatic carbocycles. The highest BCUT2D eigenvalue weighted by molar-refractivity contribution is 5.88. The molecule has 0 unspecified atom stereocenters. The van der Waals surface area contributed by atoms with Gasteiger partial charge in [-0.3, -0.25) is 4.79 Å². The number of ether oxygens (including phenoxy) is 1. The Morgan fingerprint density at radius 1 is 1.11 bits per heavy atom. The molecule has 0 aliphatic carbocycles. The lowest BCUT2D eigenvalue weighted by Gasteiger charge is -2.49. The predicted octanol–water partition coefficient (Wildman–Crippen LogP) is 3.75. The monoisotopic (exact) mass is 366 g/mol. The summed E-state index contributed by atoms with van der Waals surface area (Å²) in [6.07, 6.45) is 1.27. The Kier molecular flexibility index (Phi) is 4.85. The zero-order valence-corrected chi connectivity index (χ0v) is 16.8.